The van der Waals surface area contributed by atoms with E-state index in [1.807, 2.05) is 19.1 Å². The molecule has 2 heterocycles. The lowest BCUT2D eigenvalue weighted by molar-refractivity contribution is -0.116. The van der Waals surface area contributed by atoms with Gasteiger partial charge in [-0.1, -0.05) is 6.07 Å². The Morgan fingerprint density at radius 3 is 2.62 bits per heavy atom. The highest BCUT2D eigenvalue weighted by molar-refractivity contribution is 5.91. The monoisotopic (exact) mass is 327 g/mol. The zero-order valence-electron chi connectivity index (χ0n) is 14.0. The molecule has 0 aliphatic rings. The lowest BCUT2D eigenvalue weighted by Crippen LogP contribution is -2.30. The van der Waals surface area contributed by atoms with E-state index in [2.05, 4.69) is 20.6 Å². The Morgan fingerprint density at radius 1 is 1.21 bits per heavy atom. The molecule has 0 bridgehead atoms. The minimum absolute atomic E-state index is 0.105. The van der Waals surface area contributed by atoms with Gasteiger partial charge in [0, 0.05) is 32.4 Å². The number of aromatic nitrogens is 2. The molecule has 0 saturated carbocycles. The molecule has 0 aliphatic carbocycles. The smallest absolute Gasteiger partial charge is 0.319 e. The molecule has 2 N–H and O–H groups in total. The van der Waals surface area contributed by atoms with Crippen molar-refractivity contribution in [3.8, 4) is 0 Å². The third-order valence-electron chi connectivity index (χ3n) is 3.62. The van der Waals surface area contributed by atoms with Crippen LogP contribution in [0.2, 0.25) is 0 Å². The highest BCUT2D eigenvalue weighted by Crippen LogP contribution is 2.13. The third kappa shape index (κ3) is 4.77. The van der Waals surface area contributed by atoms with Crippen molar-refractivity contribution < 1.29 is 9.59 Å². The Morgan fingerprint density at radius 2 is 2.00 bits per heavy atom. The van der Waals surface area contributed by atoms with Crippen LogP contribution in [-0.2, 0) is 11.2 Å². The first-order chi connectivity index (χ1) is 11.5. The van der Waals surface area contributed by atoms with Crippen LogP contribution in [0.1, 0.15) is 18.2 Å². The fourth-order valence-electron chi connectivity index (χ4n) is 2.09. The van der Waals surface area contributed by atoms with Crippen LogP contribution in [-0.4, -0.2) is 35.5 Å². The molecule has 0 aliphatic heterocycles. The van der Waals surface area contributed by atoms with Crippen LogP contribution in [0.3, 0.4) is 0 Å². The lowest BCUT2D eigenvalue weighted by Gasteiger charge is -2.14. The molecule has 3 amide bonds. The summed E-state index contributed by atoms with van der Waals surface area (Å²) in [7, 11) is 1.64. The molecular formula is C17H21N5O2. The summed E-state index contributed by atoms with van der Waals surface area (Å²) in [5.74, 6) is 0.423. The average molecular weight is 327 g/mol. The molecule has 0 saturated heterocycles. The van der Waals surface area contributed by atoms with Crippen molar-refractivity contribution in [1.82, 2.24) is 15.3 Å². The van der Waals surface area contributed by atoms with Gasteiger partial charge in [-0.2, -0.15) is 0 Å². The van der Waals surface area contributed by atoms with Gasteiger partial charge in [0.05, 0.1) is 11.9 Å². The van der Waals surface area contributed by atoms with Gasteiger partial charge < -0.3 is 15.5 Å². The molecule has 2 rings (SSSR count). The molecule has 0 unspecified atom stereocenters. The van der Waals surface area contributed by atoms with E-state index in [9.17, 15) is 9.59 Å². The summed E-state index contributed by atoms with van der Waals surface area (Å²) >= 11 is 0. The summed E-state index contributed by atoms with van der Waals surface area (Å²) in [6.07, 6.45) is 3.98. The molecule has 7 nitrogen and oxygen atoms in total. The number of carbonyl (C=O) groups excluding carboxylic acids is 2. The number of nitrogens with one attached hydrogen (secondary N) is 2. The van der Waals surface area contributed by atoms with Gasteiger partial charge in [-0.3, -0.25) is 9.78 Å². The van der Waals surface area contributed by atoms with Crippen molar-refractivity contribution in [2.75, 3.05) is 23.8 Å². The number of urea groups is 1. The highest BCUT2D eigenvalue weighted by Gasteiger charge is 2.07. The van der Waals surface area contributed by atoms with Crippen LogP contribution < -0.4 is 15.5 Å². The summed E-state index contributed by atoms with van der Waals surface area (Å²) in [5.41, 5.74) is 2.64. The summed E-state index contributed by atoms with van der Waals surface area (Å²) in [6, 6.07) is 6.96. The van der Waals surface area contributed by atoms with Gasteiger partial charge in [0.25, 0.3) is 0 Å². The Bertz CT molecular complexity index is 715. The Kier molecular flexibility index (Phi) is 5.83. The summed E-state index contributed by atoms with van der Waals surface area (Å²) in [4.78, 5) is 32.9. The number of aryl methyl sites for hydroxylation is 1. The van der Waals surface area contributed by atoms with E-state index in [1.54, 1.807) is 25.4 Å². The first-order valence-electron chi connectivity index (χ1n) is 7.63. The van der Waals surface area contributed by atoms with E-state index in [0.717, 1.165) is 11.3 Å². The molecule has 7 heteroatoms. The molecule has 0 radical (unpaired) electrons. The van der Waals surface area contributed by atoms with Crippen LogP contribution >= 0.6 is 0 Å². The van der Waals surface area contributed by atoms with Crippen molar-refractivity contribution >= 4 is 23.4 Å². The maximum atomic E-state index is 11.9. The maximum Gasteiger partial charge on any atom is 0.319 e. The van der Waals surface area contributed by atoms with Gasteiger partial charge in [-0.25, -0.2) is 9.78 Å². The minimum atomic E-state index is -0.300. The Balaban J connectivity index is 1.82. The molecule has 0 spiro atoms. The number of rotatable bonds is 5. The Labute approximate surface area is 141 Å². The largest absolute Gasteiger partial charge is 0.338 e. The standard InChI is InChI=1S/C17H21N5O2/c1-12-14(5-4-9-18-12)8-10-19-17(24)21-15-6-7-16(20-11-15)22(3)13(2)23/h4-7,9,11H,8,10H2,1-3H3,(H2,19,21,24). The van der Waals surface area contributed by atoms with Crippen LogP contribution in [0, 0.1) is 6.92 Å². The highest BCUT2D eigenvalue weighted by atomic mass is 16.2. The Hall–Kier alpha value is -2.96. The number of pyridine rings is 2. The SMILES string of the molecule is CC(=O)N(C)c1ccc(NC(=O)NCCc2cccnc2C)cn1. The van der Waals surface area contributed by atoms with Gasteiger partial charge in [-0.05, 0) is 37.1 Å². The number of hydrogen-bond acceptors (Lipinski definition) is 4. The van der Waals surface area contributed by atoms with Crippen molar-refractivity contribution in [2.45, 2.75) is 20.3 Å². The molecular weight excluding hydrogens is 306 g/mol. The second kappa shape index (κ2) is 8.05. The molecule has 126 valence electrons. The molecule has 0 fully saturated rings. The van der Waals surface area contributed by atoms with E-state index in [-0.39, 0.29) is 11.9 Å². The molecule has 2 aromatic heterocycles. The second-order valence-electron chi connectivity index (χ2n) is 5.36. The second-order valence-corrected chi connectivity index (χ2v) is 5.36. The quantitative estimate of drug-likeness (QED) is 0.881. The van der Waals surface area contributed by atoms with Crippen molar-refractivity contribution in [2.24, 2.45) is 0 Å². The van der Waals surface area contributed by atoms with Crippen LogP contribution in [0.15, 0.2) is 36.7 Å². The first-order valence-corrected chi connectivity index (χ1v) is 7.63. The van der Waals surface area contributed by atoms with E-state index in [4.69, 9.17) is 0 Å². The van der Waals surface area contributed by atoms with Gasteiger partial charge in [0.2, 0.25) is 5.91 Å². The van der Waals surface area contributed by atoms with Crippen molar-refractivity contribution in [1.29, 1.82) is 0 Å². The van der Waals surface area contributed by atoms with Crippen molar-refractivity contribution in [3.63, 3.8) is 0 Å². The maximum absolute atomic E-state index is 11.9. The van der Waals surface area contributed by atoms with Crippen molar-refractivity contribution in [3.05, 3.63) is 47.9 Å². The van der Waals surface area contributed by atoms with Gasteiger partial charge in [0.15, 0.2) is 0 Å². The van der Waals surface area contributed by atoms with E-state index < -0.39 is 0 Å². The summed E-state index contributed by atoms with van der Waals surface area (Å²) in [5, 5.41) is 5.50. The zero-order valence-corrected chi connectivity index (χ0v) is 14.0. The van der Waals surface area contributed by atoms with E-state index >= 15 is 0 Å². The van der Waals surface area contributed by atoms with E-state index in [1.165, 1.54) is 18.0 Å². The topological polar surface area (TPSA) is 87.2 Å². The zero-order chi connectivity index (χ0) is 17.5. The van der Waals surface area contributed by atoms with Crippen LogP contribution in [0.25, 0.3) is 0 Å². The van der Waals surface area contributed by atoms with Gasteiger partial charge in [0.1, 0.15) is 5.82 Å². The van der Waals surface area contributed by atoms with Gasteiger partial charge >= 0.3 is 6.03 Å². The predicted octanol–water partition coefficient (Wildman–Crippen LogP) is 2.13. The van der Waals surface area contributed by atoms with Crippen LogP contribution in [0.4, 0.5) is 16.3 Å². The summed E-state index contributed by atoms with van der Waals surface area (Å²) in [6.45, 7) is 3.92. The molecule has 0 aromatic carbocycles. The number of carbonyl (C=O) groups is 2. The average Bonchev–Trinajstić information content (AvgIpc) is 2.56. The first kappa shape index (κ1) is 17.4. The molecule has 0 atom stereocenters. The fraction of sp³-hybridized carbons (Fsp3) is 0.294. The number of nitrogens with zero attached hydrogens (tertiary/aromatic N) is 3. The normalized spacial score (nSPS) is 10.1. The number of hydrogen-bond donors (Lipinski definition) is 2. The number of amides is 3. The summed E-state index contributed by atoms with van der Waals surface area (Å²) < 4.78 is 0. The van der Waals surface area contributed by atoms with E-state index in [0.29, 0.717) is 24.5 Å². The predicted molar refractivity (Wildman–Crippen MR) is 93.0 cm³/mol. The van der Waals surface area contributed by atoms with Crippen LogP contribution in [0.5, 0.6) is 0 Å². The third-order valence-corrected chi connectivity index (χ3v) is 3.62. The molecule has 24 heavy (non-hydrogen) atoms. The fourth-order valence-corrected chi connectivity index (χ4v) is 2.09. The van der Waals surface area contributed by atoms with Gasteiger partial charge in [-0.15, -0.1) is 0 Å². The molecule has 2 aromatic rings. The minimum Gasteiger partial charge on any atom is -0.338 e. The lowest BCUT2D eigenvalue weighted by atomic mass is 10.1. The number of anilines is 2.